The van der Waals surface area contributed by atoms with Gasteiger partial charge in [0.25, 0.3) is 0 Å². The molecule has 1 aliphatic rings. The van der Waals surface area contributed by atoms with Gasteiger partial charge in [-0.2, -0.15) is 5.43 Å². The number of alkyl halides is 3. The molecule has 1 atom stereocenters. The molecule has 5 rings (SSSR count). The van der Waals surface area contributed by atoms with E-state index < -0.39 is 18.6 Å². The fourth-order valence-corrected chi connectivity index (χ4v) is 4.42. The van der Waals surface area contributed by atoms with E-state index in [2.05, 4.69) is 43.2 Å². The van der Waals surface area contributed by atoms with Gasteiger partial charge in [-0.3, -0.25) is 10.3 Å². The van der Waals surface area contributed by atoms with Gasteiger partial charge in [0, 0.05) is 11.4 Å². The predicted molar refractivity (Wildman–Crippen MR) is 160 cm³/mol. The topological polar surface area (TPSA) is 90.0 Å². The molecular formula is C30H25F3N6O2S. The van der Waals surface area contributed by atoms with E-state index in [1.54, 1.807) is 29.3 Å². The molecule has 1 unspecified atom stereocenters. The van der Waals surface area contributed by atoms with Gasteiger partial charge in [-0.15, -0.1) is 13.2 Å². The molecule has 4 aromatic rings. The molecule has 0 saturated carbocycles. The second-order valence-corrected chi connectivity index (χ2v) is 9.59. The number of benzene rings is 4. The molecule has 4 N–H and O–H groups in total. The number of halogens is 3. The van der Waals surface area contributed by atoms with Crippen LogP contribution in [0.15, 0.2) is 108 Å². The van der Waals surface area contributed by atoms with Crippen molar-refractivity contribution in [2.24, 2.45) is 4.99 Å². The number of nitrogens with one attached hydrogen (secondary N) is 4. The number of rotatable bonds is 7. The summed E-state index contributed by atoms with van der Waals surface area (Å²) in [6.07, 6.45) is -2.92. The molecule has 12 heteroatoms. The third-order valence-electron chi connectivity index (χ3n) is 6.16. The lowest BCUT2D eigenvalue weighted by Gasteiger charge is -2.19. The van der Waals surface area contributed by atoms with Crippen molar-refractivity contribution in [3.05, 3.63) is 120 Å². The monoisotopic (exact) mass is 590 g/mol. The zero-order valence-corrected chi connectivity index (χ0v) is 22.7. The number of thiocarbonyl (C=S) groups is 1. The molecule has 0 fully saturated rings. The van der Waals surface area contributed by atoms with Gasteiger partial charge in [0.1, 0.15) is 18.3 Å². The summed E-state index contributed by atoms with van der Waals surface area (Å²) in [7, 11) is 0. The summed E-state index contributed by atoms with van der Waals surface area (Å²) in [4.78, 5) is 17.0. The van der Waals surface area contributed by atoms with Crippen molar-refractivity contribution >= 4 is 46.8 Å². The van der Waals surface area contributed by atoms with Crippen LogP contribution in [0.1, 0.15) is 22.9 Å². The third kappa shape index (κ3) is 7.83. The van der Waals surface area contributed by atoms with E-state index in [0.29, 0.717) is 17.8 Å². The highest BCUT2D eigenvalue weighted by atomic mass is 32.1. The first-order chi connectivity index (χ1) is 20.2. The molecule has 42 heavy (non-hydrogen) atoms. The van der Waals surface area contributed by atoms with E-state index in [1.165, 1.54) is 30.6 Å². The highest BCUT2D eigenvalue weighted by Crippen LogP contribution is 2.27. The molecule has 2 amide bonds. The molecule has 0 aromatic heterocycles. The molecule has 0 spiro atoms. The number of anilines is 3. The molecule has 0 bridgehead atoms. The highest BCUT2D eigenvalue weighted by Gasteiger charge is 2.31. The normalized spacial score (nSPS) is 14.4. The lowest BCUT2D eigenvalue weighted by atomic mass is 10.0. The van der Waals surface area contributed by atoms with Gasteiger partial charge in [-0.1, -0.05) is 60.7 Å². The molecule has 0 aliphatic carbocycles. The molecule has 8 nitrogen and oxygen atoms in total. The van der Waals surface area contributed by atoms with E-state index in [4.69, 9.17) is 12.2 Å². The molecule has 0 saturated heterocycles. The van der Waals surface area contributed by atoms with E-state index >= 15 is 0 Å². The standard InChI is InChI=1S/C30H25F3N6O2S/c31-30(32,33)41-25-16-14-24(15-17-25)39-19-34-27(38-39)21-10-12-23(13-11-21)35-28(40)37-29(42)36-26-9-5-4-8-22(26)18-20-6-2-1-3-7-20/h1-17,19,27,38H,18H2,(H3,35,36,37,40,42). The van der Waals surface area contributed by atoms with Gasteiger partial charge >= 0.3 is 12.4 Å². The largest absolute Gasteiger partial charge is 0.573 e. The Morgan fingerprint density at radius 3 is 2.31 bits per heavy atom. The summed E-state index contributed by atoms with van der Waals surface area (Å²) in [5.74, 6) is -0.310. The summed E-state index contributed by atoms with van der Waals surface area (Å²) >= 11 is 5.36. The quantitative estimate of drug-likeness (QED) is 0.178. The van der Waals surface area contributed by atoms with Crippen molar-refractivity contribution in [3.63, 3.8) is 0 Å². The predicted octanol–water partition coefficient (Wildman–Crippen LogP) is 6.75. The molecule has 1 heterocycles. The van der Waals surface area contributed by atoms with Gasteiger partial charge in [0.15, 0.2) is 5.11 Å². The maximum atomic E-state index is 12.6. The maximum absolute atomic E-state index is 12.6. The van der Waals surface area contributed by atoms with Crippen LogP contribution in [0.5, 0.6) is 5.75 Å². The first-order valence-electron chi connectivity index (χ1n) is 12.8. The Morgan fingerprint density at radius 1 is 0.905 bits per heavy atom. The number of hydrazine groups is 1. The van der Waals surface area contributed by atoms with E-state index in [-0.39, 0.29) is 10.9 Å². The van der Waals surface area contributed by atoms with E-state index in [0.717, 1.165) is 22.4 Å². The number of carbonyl (C=O) groups is 1. The van der Waals surface area contributed by atoms with Crippen LogP contribution in [-0.2, 0) is 6.42 Å². The minimum absolute atomic E-state index is 0.159. The average Bonchev–Trinajstić information content (AvgIpc) is 3.45. The number of carbonyl (C=O) groups excluding carboxylic acids is 1. The summed E-state index contributed by atoms with van der Waals surface area (Å²) in [5, 5.41) is 10.2. The fraction of sp³-hybridized carbons (Fsp3) is 0.100. The minimum Gasteiger partial charge on any atom is -0.406 e. The van der Waals surface area contributed by atoms with Gasteiger partial charge in [-0.05, 0) is 77.8 Å². The summed E-state index contributed by atoms with van der Waals surface area (Å²) in [6, 6.07) is 29.8. The first kappa shape index (κ1) is 28.6. The average molecular weight is 591 g/mol. The summed E-state index contributed by atoms with van der Waals surface area (Å²) in [5.41, 5.74) is 8.08. The molecule has 4 aromatic carbocycles. The van der Waals surface area contributed by atoms with Crippen LogP contribution in [0.2, 0.25) is 0 Å². The number of ether oxygens (including phenoxy) is 1. The molecule has 0 radical (unpaired) electrons. The Labute approximate surface area is 245 Å². The Morgan fingerprint density at radius 2 is 1.60 bits per heavy atom. The van der Waals surface area contributed by atoms with Gasteiger partial charge in [-0.25, -0.2) is 9.79 Å². The third-order valence-corrected chi connectivity index (χ3v) is 6.36. The first-order valence-corrected chi connectivity index (χ1v) is 13.2. The van der Waals surface area contributed by atoms with Crippen molar-refractivity contribution < 1.29 is 22.7 Å². The lowest BCUT2D eigenvalue weighted by Crippen LogP contribution is -2.37. The second-order valence-electron chi connectivity index (χ2n) is 9.18. The van der Waals surface area contributed by atoms with Gasteiger partial charge in [0.2, 0.25) is 0 Å². The number of nitrogens with zero attached hydrogens (tertiary/aromatic N) is 2. The number of urea groups is 1. The van der Waals surface area contributed by atoms with Crippen molar-refractivity contribution in [1.29, 1.82) is 0 Å². The van der Waals surface area contributed by atoms with Crippen LogP contribution < -0.4 is 31.1 Å². The van der Waals surface area contributed by atoms with Crippen LogP contribution in [0.4, 0.5) is 35.0 Å². The smallest absolute Gasteiger partial charge is 0.406 e. The van der Waals surface area contributed by atoms with Gasteiger partial charge < -0.3 is 15.4 Å². The number of hydrogen-bond donors (Lipinski definition) is 4. The summed E-state index contributed by atoms with van der Waals surface area (Å²) in [6.45, 7) is 0. The highest BCUT2D eigenvalue weighted by molar-refractivity contribution is 7.80. The number of amides is 2. The number of hydrogen-bond acceptors (Lipinski definition) is 6. The van der Waals surface area contributed by atoms with Gasteiger partial charge in [0.05, 0.1) is 5.69 Å². The molecule has 1 aliphatic heterocycles. The Hall–Kier alpha value is -4.94. The zero-order chi connectivity index (χ0) is 29.5. The van der Waals surface area contributed by atoms with Crippen LogP contribution in [0, 0.1) is 0 Å². The van der Waals surface area contributed by atoms with Crippen LogP contribution in [0.3, 0.4) is 0 Å². The van der Waals surface area contributed by atoms with Crippen molar-refractivity contribution in [3.8, 4) is 5.75 Å². The fourth-order valence-electron chi connectivity index (χ4n) is 4.22. The number of aliphatic imine (C=N–C) groups is 1. The van der Waals surface area contributed by atoms with Crippen molar-refractivity contribution in [2.45, 2.75) is 18.9 Å². The van der Waals surface area contributed by atoms with Crippen LogP contribution in [0.25, 0.3) is 0 Å². The van der Waals surface area contributed by atoms with Crippen molar-refractivity contribution in [1.82, 2.24) is 10.7 Å². The van der Waals surface area contributed by atoms with E-state index in [1.807, 2.05) is 42.5 Å². The number of para-hydroxylation sites is 1. The maximum Gasteiger partial charge on any atom is 0.573 e. The lowest BCUT2D eigenvalue weighted by molar-refractivity contribution is -0.274. The molecular weight excluding hydrogens is 565 g/mol. The second kappa shape index (κ2) is 12.7. The minimum atomic E-state index is -4.75. The summed E-state index contributed by atoms with van der Waals surface area (Å²) < 4.78 is 41.1. The Kier molecular flexibility index (Phi) is 8.65. The van der Waals surface area contributed by atoms with Crippen LogP contribution >= 0.6 is 12.2 Å². The zero-order valence-electron chi connectivity index (χ0n) is 21.9. The van der Waals surface area contributed by atoms with E-state index in [9.17, 15) is 18.0 Å². The Bertz CT molecular complexity index is 1560. The Balaban J connectivity index is 1.11. The SMILES string of the molecule is O=C(NC(=S)Nc1ccccc1Cc1ccccc1)Nc1ccc(C2N=CN(c3ccc(OC(F)(F)F)cc3)N2)cc1. The molecule has 214 valence electrons. The van der Waals surface area contributed by atoms with Crippen LogP contribution in [-0.4, -0.2) is 23.8 Å². The van der Waals surface area contributed by atoms with Crippen molar-refractivity contribution in [2.75, 3.05) is 15.6 Å².